The van der Waals surface area contributed by atoms with Gasteiger partial charge in [-0.15, -0.1) is 0 Å². The lowest BCUT2D eigenvalue weighted by atomic mass is 10.2. The molecule has 0 spiro atoms. The molecule has 19 heavy (non-hydrogen) atoms. The number of hydrogen-bond acceptors (Lipinski definition) is 6. The first-order valence-electron chi connectivity index (χ1n) is 5.98. The molecule has 0 N–H and O–H groups in total. The van der Waals surface area contributed by atoms with Crippen LogP contribution >= 0.6 is 0 Å². The number of benzene rings is 1. The van der Waals surface area contributed by atoms with Gasteiger partial charge in [-0.25, -0.2) is 4.79 Å². The van der Waals surface area contributed by atoms with Crippen molar-refractivity contribution in [3.05, 3.63) is 30.2 Å². The molecule has 6 heteroatoms. The highest BCUT2D eigenvalue weighted by Crippen LogP contribution is 2.21. The number of carbonyl (C=O) groups excluding carboxylic acids is 1. The highest BCUT2D eigenvalue weighted by Gasteiger charge is 2.17. The number of hydrogen-bond donors (Lipinski definition) is 0. The summed E-state index contributed by atoms with van der Waals surface area (Å²) in [6, 6.07) is 7.24. The van der Waals surface area contributed by atoms with Crippen LogP contribution in [0.1, 0.15) is 24.5 Å². The smallest absolute Gasteiger partial charge is 0.397 e. The van der Waals surface area contributed by atoms with Crippen LogP contribution in [0.4, 0.5) is 0 Å². The summed E-state index contributed by atoms with van der Waals surface area (Å²) >= 11 is 0. The van der Waals surface area contributed by atoms with Crippen molar-refractivity contribution in [3.63, 3.8) is 0 Å². The van der Waals surface area contributed by atoms with Crippen LogP contribution in [0.25, 0.3) is 11.4 Å². The lowest BCUT2D eigenvalue weighted by Gasteiger charge is -2.02. The fraction of sp³-hybridized carbons (Fsp3) is 0.308. The first-order valence-corrected chi connectivity index (χ1v) is 5.98. The van der Waals surface area contributed by atoms with E-state index < -0.39 is 5.97 Å². The zero-order valence-corrected chi connectivity index (χ0v) is 10.8. The Kier molecular flexibility index (Phi) is 4.12. The fourth-order valence-corrected chi connectivity index (χ4v) is 1.51. The molecule has 0 bridgehead atoms. The molecular formula is C13H14N2O4. The van der Waals surface area contributed by atoms with E-state index >= 15 is 0 Å². The largest absolute Gasteiger partial charge is 0.494 e. The van der Waals surface area contributed by atoms with Gasteiger partial charge in [0.2, 0.25) is 5.82 Å². The van der Waals surface area contributed by atoms with Gasteiger partial charge in [0.15, 0.2) is 0 Å². The molecule has 0 aliphatic heterocycles. The van der Waals surface area contributed by atoms with Crippen molar-refractivity contribution in [3.8, 4) is 17.1 Å². The second-order valence-corrected chi connectivity index (χ2v) is 3.60. The van der Waals surface area contributed by atoms with E-state index in [1.807, 2.05) is 25.1 Å². The topological polar surface area (TPSA) is 74.5 Å². The Morgan fingerprint density at radius 2 is 2.16 bits per heavy atom. The van der Waals surface area contributed by atoms with Crippen LogP contribution in [0, 0.1) is 0 Å². The molecule has 0 radical (unpaired) electrons. The summed E-state index contributed by atoms with van der Waals surface area (Å²) in [4.78, 5) is 15.4. The molecule has 0 unspecified atom stereocenters. The van der Waals surface area contributed by atoms with Crippen molar-refractivity contribution in [1.82, 2.24) is 10.1 Å². The van der Waals surface area contributed by atoms with Crippen LogP contribution in [0.3, 0.4) is 0 Å². The highest BCUT2D eigenvalue weighted by atomic mass is 16.6. The SMILES string of the molecule is CCOC(=O)c1nc(-c2cccc(OCC)c2)no1. The number of ether oxygens (including phenoxy) is 2. The molecule has 0 amide bonds. The molecule has 0 saturated heterocycles. The van der Waals surface area contributed by atoms with E-state index in [1.54, 1.807) is 13.0 Å². The Bertz CT molecular complexity index is 565. The highest BCUT2D eigenvalue weighted by molar-refractivity contribution is 5.84. The molecule has 6 nitrogen and oxygen atoms in total. The summed E-state index contributed by atoms with van der Waals surface area (Å²) < 4.78 is 15.0. The van der Waals surface area contributed by atoms with Gasteiger partial charge < -0.3 is 14.0 Å². The van der Waals surface area contributed by atoms with Crippen LogP contribution in [-0.2, 0) is 4.74 Å². The summed E-state index contributed by atoms with van der Waals surface area (Å²) in [6.07, 6.45) is 0. The van der Waals surface area contributed by atoms with Crippen LogP contribution in [0.5, 0.6) is 5.75 Å². The van der Waals surface area contributed by atoms with Crippen LogP contribution in [0.2, 0.25) is 0 Å². The predicted octanol–water partition coefficient (Wildman–Crippen LogP) is 2.31. The fourth-order valence-electron chi connectivity index (χ4n) is 1.51. The first kappa shape index (κ1) is 13.1. The summed E-state index contributed by atoms with van der Waals surface area (Å²) in [5, 5.41) is 3.75. The summed E-state index contributed by atoms with van der Waals surface area (Å²) in [5.41, 5.74) is 0.713. The molecule has 0 atom stereocenters. The Morgan fingerprint density at radius 1 is 1.32 bits per heavy atom. The van der Waals surface area contributed by atoms with Crippen molar-refractivity contribution in [2.75, 3.05) is 13.2 Å². The Balaban J connectivity index is 2.22. The molecule has 0 aliphatic carbocycles. The molecule has 2 aromatic rings. The van der Waals surface area contributed by atoms with Crippen molar-refractivity contribution >= 4 is 5.97 Å². The van der Waals surface area contributed by atoms with Gasteiger partial charge in [0.05, 0.1) is 13.2 Å². The molecule has 1 aromatic carbocycles. The van der Waals surface area contributed by atoms with Gasteiger partial charge in [-0.1, -0.05) is 17.3 Å². The quantitative estimate of drug-likeness (QED) is 0.770. The van der Waals surface area contributed by atoms with Crippen LogP contribution < -0.4 is 4.74 Å². The zero-order chi connectivity index (χ0) is 13.7. The van der Waals surface area contributed by atoms with Crippen molar-refractivity contribution in [2.24, 2.45) is 0 Å². The van der Waals surface area contributed by atoms with E-state index in [1.165, 1.54) is 0 Å². The van der Waals surface area contributed by atoms with Crippen LogP contribution in [0.15, 0.2) is 28.8 Å². The molecule has 1 aromatic heterocycles. The van der Waals surface area contributed by atoms with Gasteiger partial charge in [-0.05, 0) is 26.0 Å². The second-order valence-electron chi connectivity index (χ2n) is 3.60. The minimum absolute atomic E-state index is 0.154. The minimum Gasteiger partial charge on any atom is -0.494 e. The molecule has 1 heterocycles. The maximum atomic E-state index is 11.4. The van der Waals surface area contributed by atoms with Crippen LogP contribution in [-0.4, -0.2) is 29.3 Å². The summed E-state index contributed by atoms with van der Waals surface area (Å²) in [6.45, 7) is 4.45. The number of aromatic nitrogens is 2. The third-order valence-electron chi connectivity index (χ3n) is 2.28. The number of rotatable bonds is 5. The average Bonchev–Trinajstić information content (AvgIpc) is 2.89. The van der Waals surface area contributed by atoms with E-state index in [9.17, 15) is 4.79 Å². The van der Waals surface area contributed by atoms with Crippen molar-refractivity contribution in [1.29, 1.82) is 0 Å². The van der Waals surface area contributed by atoms with Gasteiger partial charge in [-0.3, -0.25) is 0 Å². The van der Waals surface area contributed by atoms with Crippen molar-refractivity contribution < 1.29 is 18.8 Å². The minimum atomic E-state index is -0.623. The second kappa shape index (κ2) is 5.99. The van der Waals surface area contributed by atoms with Gasteiger partial charge in [-0.2, -0.15) is 4.98 Å². The molecule has 0 saturated carbocycles. The Hall–Kier alpha value is -2.37. The lowest BCUT2D eigenvalue weighted by Crippen LogP contribution is -2.04. The molecule has 100 valence electrons. The van der Waals surface area contributed by atoms with Gasteiger partial charge in [0, 0.05) is 5.56 Å². The molecule has 0 aliphatic rings. The maximum absolute atomic E-state index is 11.4. The predicted molar refractivity (Wildman–Crippen MR) is 66.9 cm³/mol. The third-order valence-corrected chi connectivity index (χ3v) is 2.28. The molecule has 0 fully saturated rings. The Labute approximate surface area is 110 Å². The summed E-state index contributed by atoms with van der Waals surface area (Å²) in [5.74, 6) is 0.257. The van der Waals surface area contributed by atoms with E-state index in [4.69, 9.17) is 14.0 Å². The number of nitrogens with zero attached hydrogens (tertiary/aromatic N) is 2. The van der Waals surface area contributed by atoms with Crippen molar-refractivity contribution in [2.45, 2.75) is 13.8 Å². The van der Waals surface area contributed by atoms with E-state index in [0.717, 1.165) is 0 Å². The number of esters is 1. The summed E-state index contributed by atoms with van der Waals surface area (Å²) in [7, 11) is 0. The standard InChI is InChI=1S/C13H14N2O4/c1-3-17-10-7-5-6-9(8-10)11-14-12(19-15-11)13(16)18-4-2/h5-8H,3-4H2,1-2H3. The zero-order valence-electron chi connectivity index (χ0n) is 10.8. The number of carbonyl (C=O) groups is 1. The molecule has 2 rings (SSSR count). The first-order chi connectivity index (χ1) is 9.24. The average molecular weight is 262 g/mol. The lowest BCUT2D eigenvalue weighted by molar-refractivity contribution is 0.0470. The van der Waals surface area contributed by atoms with E-state index in [0.29, 0.717) is 23.7 Å². The Morgan fingerprint density at radius 3 is 2.89 bits per heavy atom. The normalized spacial score (nSPS) is 10.2. The van der Waals surface area contributed by atoms with Gasteiger partial charge in [0.1, 0.15) is 5.75 Å². The van der Waals surface area contributed by atoms with E-state index in [-0.39, 0.29) is 12.5 Å². The monoisotopic (exact) mass is 262 g/mol. The molecular weight excluding hydrogens is 248 g/mol. The van der Waals surface area contributed by atoms with Gasteiger partial charge >= 0.3 is 11.9 Å². The van der Waals surface area contributed by atoms with E-state index in [2.05, 4.69) is 10.1 Å². The van der Waals surface area contributed by atoms with Gasteiger partial charge in [0.25, 0.3) is 0 Å². The third kappa shape index (κ3) is 3.09. The maximum Gasteiger partial charge on any atom is 0.397 e.